The van der Waals surface area contributed by atoms with Gasteiger partial charge in [0.05, 0.1) is 22.5 Å². The quantitative estimate of drug-likeness (QED) is 0.836. The van der Waals surface area contributed by atoms with E-state index in [-0.39, 0.29) is 11.2 Å². The smallest absolute Gasteiger partial charge is 0.398 e. The molecule has 0 saturated carbocycles. The van der Waals surface area contributed by atoms with Gasteiger partial charge in [-0.1, -0.05) is 0 Å². The molecule has 20 heavy (non-hydrogen) atoms. The highest BCUT2D eigenvalue weighted by Gasteiger charge is 2.52. The molecule has 0 aromatic carbocycles. The average molecular weight is 277 g/mol. The van der Waals surface area contributed by atoms with Crippen LogP contribution in [0.15, 0.2) is 12.1 Å². The normalized spacial score (nSPS) is 20.6. The van der Waals surface area contributed by atoms with Crippen molar-refractivity contribution in [2.75, 3.05) is 19.8 Å². The van der Waals surface area contributed by atoms with Crippen LogP contribution in [0.5, 0.6) is 0 Å². The van der Waals surface area contributed by atoms with Gasteiger partial charge in [-0.2, -0.15) is 0 Å². The summed E-state index contributed by atoms with van der Waals surface area (Å²) in [6, 6.07) is 3.80. The molecule has 0 atom stereocenters. The van der Waals surface area contributed by atoms with Crippen LogP contribution >= 0.6 is 0 Å². The molecule has 0 spiro atoms. The maximum absolute atomic E-state index is 6.04. The second-order valence-electron chi connectivity index (χ2n) is 6.60. The van der Waals surface area contributed by atoms with Crippen molar-refractivity contribution in [3.63, 3.8) is 0 Å². The Hall–Kier alpha value is -1.11. The first kappa shape index (κ1) is 15.3. The Bertz CT molecular complexity index is 487. The fourth-order valence-electron chi connectivity index (χ4n) is 2.08. The molecule has 110 valence electrons. The Kier molecular flexibility index (Phi) is 3.84. The molecule has 1 aliphatic rings. The summed E-state index contributed by atoms with van der Waals surface area (Å²) < 4.78 is 12.0. The lowest BCUT2D eigenvalue weighted by atomic mass is 9.82. The predicted molar refractivity (Wildman–Crippen MR) is 81.8 cm³/mol. The molecule has 2 N–H and O–H groups in total. The maximum Gasteiger partial charge on any atom is 0.516 e. The lowest BCUT2D eigenvalue weighted by Gasteiger charge is -2.32. The standard InChI is InChI=1S/C14H24BN3O2/c1-13(2)14(3,4)20-15(19-13)12-11(16)8-7-10(17-12)9-18(5)6/h7-8H,9,16H2,1-6H3. The Morgan fingerprint density at radius 3 is 2.20 bits per heavy atom. The van der Waals surface area contributed by atoms with E-state index in [2.05, 4.69) is 9.88 Å². The second-order valence-corrected chi connectivity index (χ2v) is 6.60. The molecule has 1 saturated heterocycles. The van der Waals surface area contributed by atoms with Crippen molar-refractivity contribution < 1.29 is 9.31 Å². The summed E-state index contributed by atoms with van der Waals surface area (Å²) in [5.74, 6) is 0. The molecule has 5 nitrogen and oxygen atoms in total. The lowest BCUT2D eigenvalue weighted by molar-refractivity contribution is 0.00578. The van der Waals surface area contributed by atoms with Crippen LogP contribution in [0, 0.1) is 0 Å². The summed E-state index contributed by atoms with van der Waals surface area (Å²) in [6.45, 7) is 8.84. The highest BCUT2D eigenvalue weighted by Crippen LogP contribution is 2.36. The molecule has 0 unspecified atom stereocenters. The Morgan fingerprint density at radius 1 is 1.15 bits per heavy atom. The van der Waals surface area contributed by atoms with E-state index in [9.17, 15) is 0 Å². The fraction of sp³-hybridized carbons (Fsp3) is 0.643. The van der Waals surface area contributed by atoms with Crippen LogP contribution in [-0.2, 0) is 15.9 Å². The minimum atomic E-state index is -0.512. The summed E-state index contributed by atoms with van der Waals surface area (Å²) in [5, 5.41) is 0. The molecule has 0 amide bonds. The van der Waals surface area contributed by atoms with Crippen LogP contribution < -0.4 is 11.3 Å². The van der Waals surface area contributed by atoms with Crippen molar-refractivity contribution in [1.29, 1.82) is 0 Å². The van der Waals surface area contributed by atoms with Crippen molar-refractivity contribution in [2.24, 2.45) is 0 Å². The summed E-state index contributed by atoms with van der Waals surface area (Å²) in [6.07, 6.45) is 0. The van der Waals surface area contributed by atoms with Gasteiger partial charge in [0.2, 0.25) is 0 Å². The molecule has 1 aliphatic heterocycles. The van der Waals surface area contributed by atoms with E-state index in [0.717, 1.165) is 12.2 Å². The first-order valence-corrected chi connectivity index (χ1v) is 6.88. The average Bonchev–Trinajstić information content (AvgIpc) is 2.50. The van der Waals surface area contributed by atoms with E-state index in [0.29, 0.717) is 11.3 Å². The number of pyridine rings is 1. The Balaban J connectivity index is 2.30. The SMILES string of the molecule is CN(C)Cc1ccc(N)c(B2OC(C)(C)C(C)(C)O2)n1. The molecule has 2 rings (SSSR count). The van der Waals surface area contributed by atoms with Gasteiger partial charge >= 0.3 is 7.12 Å². The zero-order chi connectivity index (χ0) is 15.1. The van der Waals surface area contributed by atoms with Crippen molar-refractivity contribution in [3.8, 4) is 0 Å². The van der Waals surface area contributed by atoms with Gasteiger partial charge in [-0.15, -0.1) is 0 Å². The van der Waals surface area contributed by atoms with Crippen LogP contribution in [0.1, 0.15) is 33.4 Å². The third-order valence-electron chi connectivity index (χ3n) is 3.97. The van der Waals surface area contributed by atoms with Gasteiger partial charge in [0.15, 0.2) is 0 Å². The monoisotopic (exact) mass is 277 g/mol. The van der Waals surface area contributed by atoms with Crippen LogP contribution in [-0.4, -0.2) is 42.3 Å². The van der Waals surface area contributed by atoms with Crippen molar-refractivity contribution in [2.45, 2.75) is 45.4 Å². The first-order chi connectivity index (χ1) is 9.12. The van der Waals surface area contributed by atoms with Crippen molar-refractivity contribution >= 4 is 18.4 Å². The second kappa shape index (κ2) is 5.02. The van der Waals surface area contributed by atoms with Gasteiger partial charge in [0.25, 0.3) is 0 Å². The number of nitrogens with two attached hydrogens (primary N) is 1. The van der Waals surface area contributed by atoms with Gasteiger partial charge in [-0.25, -0.2) is 0 Å². The minimum absolute atomic E-state index is 0.386. The zero-order valence-electron chi connectivity index (χ0n) is 13.2. The summed E-state index contributed by atoms with van der Waals surface area (Å²) in [7, 11) is 3.50. The summed E-state index contributed by atoms with van der Waals surface area (Å²) >= 11 is 0. The summed E-state index contributed by atoms with van der Waals surface area (Å²) in [4.78, 5) is 6.67. The van der Waals surface area contributed by atoms with Crippen LogP contribution in [0.2, 0.25) is 0 Å². The molecule has 1 aromatic rings. The number of rotatable bonds is 3. The lowest BCUT2D eigenvalue weighted by Crippen LogP contribution is -2.41. The van der Waals surface area contributed by atoms with E-state index in [1.807, 2.05) is 53.9 Å². The predicted octanol–water partition coefficient (Wildman–Crippen LogP) is 1.02. The molecular formula is C14H24BN3O2. The molecule has 0 bridgehead atoms. The summed E-state index contributed by atoms with van der Waals surface area (Å²) in [5.41, 5.74) is 7.49. The van der Waals surface area contributed by atoms with E-state index in [1.165, 1.54) is 0 Å². The topological polar surface area (TPSA) is 60.6 Å². The van der Waals surface area contributed by atoms with Crippen molar-refractivity contribution in [3.05, 3.63) is 17.8 Å². The minimum Gasteiger partial charge on any atom is -0.398 e. The highest BCUT2D eigenvalue weighted by atomic mass is 16.7. The van der Waals surface area contributed by atoms with Gasteiger partial charge in [0.1, 0.15) is 0 Å². The van der Waals surface area contributed by atoms with Gasteiger partial charge in [-0.05, 0) is 53.9 Å². The third kappa shape index (κ3) is 2.82. The van der Waals surface area contributed by atoms with E-state index in [4.69, 9.17) is 15.0 Å². The zero-order valence-corrected chi connectivity index (χ0v) is 13.2. The van der Waals surface area contributed by atoms with Gasteiger partial charge in [0, 0.05) is 12.2 Å². The molecule has 0 radical (unpaired) electrons. The van der Waals surface area contributed by atoms with Crippen LogP contribution in [0.3, 0.4) is 0 Å². The molecule has 2 heterocycles. The highest BCUT2D eigenvalue weighted by molar-refractivity contribution is 6.62. The number of hydrogen-bond acceptors (Lipinski definition) is 5. The number of nitrogen functional groups attached to an aromatic ring is 1. The molecule has 1 aromatic heterocycles. The first-order valence-electron chi connectivity index (χ1n) is 6.88. The molecule has 0 aliphatic carbocycles. The van der Waals surface area contributed by atoms with E-state index >= 15 is 0 Å². The van der Waals surface area contributed by atoms with Crippen LogP contribution in [0.25, 0.3) is 0 Å². The molecule has 1 fully saturated rings. The number of aromatic nitrogens is 1. The maximum atomic E-state index is 6.04. The number of hydrogen-bond donors (Lipinski definition) is 1. The Labute approximate surface area is 121 Å². The number of nitrogens with zero attached hydrogens (tertiary/aromatic N) is 2. The van der Waals surface area contributed by atoms with Gasteiger partial charge < -0.3 is 19.9 Å². The largest absolute Gasteiger partial charge is 0.516 e. The van der Waals surface area contributed by atoms with Crippen LogP contribution in [0.4, 0.5) is 5.69 Å². The van der Waals surface area contributed by atoms with E-state index in [1.54, 1.807) is 0 Å². The third-order valence-corrected chi connectivity index (χ3v) is 3.97. The molecular weight excluding hydrogens is 253 g/mol. The molecule has 6 heteroatoms. The number of anilines is 1. The van der Waals surface area contributed by atoms with Gasteiger partial charge in [-0.3, -0.25) is 4.98 Å². The fourth-order valence-corrected chi connectivity index (χ4v) is 2.08. The Morgan fingerprint density at radius 2 is 1.70 bits per heavy atom. The van der Waals surface area contributed by atoms with Crippen molar-refractivity contribution in [1.82, 2.24) is 9.88 Å². The van der Waals surface area contributed by atoms with E-state index < -0.39 is 7.12 Å².